The molecule has 0 fully saturated rings. The smallest absolute Gasteiger partial charge is 0.434 e. The molecule has 182 valence electrons. The zero-order valence-electron chi connectivity index (χ0n) is 19.4. The molecule has 0 bridgehead atoms. The van der Waals surface area contributed by atoms with Crippen LogP contribution in [0.1, 0.15) is 55.0 Å². The zero-order chi connectivity index (χ0) is 24.8. The molecule has 10 heteroatoms. The molecule has 1 aromatic carbocycles. The van der Waals surface area contributed by atoms with Crippen molar-refractivity contribution in [3.05, 3.63) is 76.0 Å². The van der Waals surface area contributed by atoms with E-state index in [0.717, 1.165) is 32.9 Å². The largest absolute Gasteiger partial charge is 0.511 e. The van der Waals surface area contributed by atoms with Gasteiger partial charge in [0.05, 0.1) is 23.7 Å². The molecular formula is C25H25BrN4O5. The highest BCUT2D eigenvalue weighted by atomic mass is 79.9. The van der Waals surface area contributed by atoms with Crippen LogP contribution in [-0.4, -0.2) is 45.8 Å². The Kier molecular flexibility index (Phi) is 7.91. The monoisotopic (exact) mass is 540 g/mol. The summed E-state index contributed by atoms with van der Waals surface area (Å²) >= 11 is 3.57. The first-order chi connectivity index (χ1) is 17.0. The van der Waals surface area contributed by atoms with E-state index in [2.05, 4.69) is 30.5 Å². The standard InChI is InChI=1S/C25H25BrN4O5/c1-3-12-33-25(32)35-15-34-22(31)10-8-20-24-28-14-16(2)30(24)21-9-7-17(26)13-18(21)23(29-20)19-6-4-5-11-27-19/h4-7,9,11,13-14,20H,3,8,10,12,15H2,1-2H3/t20-/m0/s1. The number of aryl methyl sites for hydroxylation is 1. The molecule has 1 atom stereocenters. The van der Waals surface area contributed by atoms with Crippen LogP contribution in [0.3, 0.4) is 0 Å². The average molecular weight is 541 g/mol. The first-order valence-electron chi connectivity index (χ1n) is 11.3. The van der Waals surface area contributed by atoms with Crippen LogP contribution in [-0.2, 0) is 19.0 Å². The molecular weight excluding hydrogens is 516 g/mol. The Morgan fingerprint density at radius 1 is 1.11 bits per heavy atom. The van der Waals surface area contributed by atoms with Crippen molar-refractivity contribution >= 4 is 33.8 Å². The van der Waals surface area contributed by atoms with Gasteiger partial charge in [0.25, 0.3) is 0 Å². The third kappa shape index (κ3) is 5.76. The number of nitrogens with zero attached hydrogens (tertiary/aromatic N) is 4. The van der Waals surface area contributed by atoms with Gasteiger partial charge in [-0.15, -0.1) is 0 Å². The minimum absolute atomic E-state index is 0.0585. The van der Waals surface area contributed by atoms with Gasteiger partial charge in [0.1, 0.15) is 11.9 Å². The second kappa shape index (κ2) is 11.3. The van der Waals surface area contributed by atoms with Crippen molar-refractivity contribution in [2.24, 2.45) is 4.99 Å². The van der Waals surface area contributed by atoms with Gasteiger partial charge in [-0.2, -0.15) is 0 Å². The third-order valence-corrected chi connectivity index (χ3v) is 5.85. The highest BCUT2D eigenvalue weighted by molar-refractivity contribution is 9.10. The minimum atomic E-state index is -0.866. The highest BCUT2D eigenvalue weighted by Gasteiger charge is 2.28. The molecule has 0 radical (unpaired) electrons. The third-order valence-electron chi connectivity index (χ3n) is 5.35. The number of aromatic nitrogens is 3. The number of esters is 1. The van der Waals surface area contributed by atoms with Gasteiger partial charge in [-0.25, -0.2) is 9.78 Å². The van der Waals surface area contributed by atoms with E-state index in [1.807, 2.05) is 50.2 Å². The van der Waals surface area contributed by atoms with E-state index >= 15 is 0 Å². The zero-order valence-corrected chi connectivity index (χ0v) is 21.0. The quantitative estimate of drug-likeness (QED) is 0.290. The topological polar surface area (TPSA) is 105 Å². The van der Waals surface area contributed by atoms with Crippen LogP contribution in [0.4, 0.5) is 4.79 Å². The molecule has 2 aromatic heterocycles. The van der Waals surface area contributed by atoms with Crippen LogP contribution >= 0.6 is 15.9 Å². The summed E-state index contributed by atoms with van der Waals surface area (Å²) in [7, 11) is 0. The number of fused-ring (bicyclic) bond motifs is 3. The van der Waals surface area contributed by atoms with Gasteiger partial charge in [0, 0.05) is 34.5 Å². The number of hydrogen-bond donors (Lipinski definition) is 0. The molecule has 3 heterocycles. The highest BCUT2D eigenvalue weighted by Crippen LogP contribution is 2.34. The molecule has 1 aliphatic heterocycles. The predicted octanol–water partition coefficient (Wildman–Crippen LogP) is 5.07. The molecule has 0 spiro atoms. The summed E-state index contributed by atoms with van der Waals surface area (Å²) in [5.74, 6) is 0.214. The van der Waals surface area contributed by atoms with E-state index in [1.54, 1.807) is 12.4 Å². The molecule has 3 aromatic rings. The van der Waals surface area contributed by atoms with Crippen molar-refractivity contribution in [3.63, 3.8) is 0 Å². The fourth-order valence-corrected chi connectivity index (χ4v) is 4.14. The van der Waals surface area contributed by atoms with Gasteiger partial charge in [-0.3, -0.25) is 19.3 Å². The predicted molar refractivity (Wildman–Crippen MR) is 132 cm³/mol. The van der Waals surface area contributed by atoms with Crippen LogP contribution in [0.5, 0.6) is 0 Å². The van der Waals surface area contributed by atoms with Crippen LogP contribution in [0, 0.1) is 6.92 Å². The molecule has 9 nitrogen and oxygen atoms in total. The molecule has 0 saturated heterocycles. The number of carbonyl (C=O) groups is 2. The van der Waals surface area contributed by atoms with Crippen LogP contribution in [0.25, 0.3) is 5.69 Å². The minimum Gasteiger partial charge on any atom is -0.434 e. The normalized spacial score (nSPS) is 14.3. The molecule has 4 rings (SSSR count). The first kappa shape index (κ1) is 24.6. The summed E-state index contributed by atoms with van der Waals surface area (Å²) in [6.07, 6.45) is 3.73. The van der Waals surface area contributed by atoms with Crippen molar-refractivity contribution in [1.29, 1.82) is 0 Å². The summed E-state index contributed by atoms with van der Waals surface area (Å²) in [5, 5.41) is 0. The van der Waals surface area contributed by atoms with Gasteiger partial charge < -0.3 is 14.2 Å². The van der Waals surface area contributed by atoms with Gasteiger partial charge in [-0.1, -0.05) is 28.9 Å². The van der Waals surface area contributed by atoms with Gasteiger partial charge >= 0.3 is 12.1 Å². The number of carbonyl (C=O) groups excluding carboxylic acids is 2. The summed E-state index contributed by atoms with van der Waals surface area (Å²) in [5.41, 5.74) is 4.23. The second-order valence-corrected chi connectivity index (χ2v) is 8.79. The van der Waals surface area contributed by atoms with Crippen molar-refractivity contribution in [3.8, 4) is 5.69 Å². The maximum absolute atomic E-state index is 12.4. The summed E-state index contributed by atoms with van der Waals surface area (Å²) in [6.45, 7) is 3.60. The Labute approximate surface area is 211 Å². The van der Waals surface area contributed by atoms with E-state index in [1.165, 1.54) is 0 Å². The Morgan fingerprint density at radius 2 is 1.97 bits per heavy atom. The van der Waals surface area contributed by atoms with Crippen LogP contribution < -0.4 is 0 Å². The number of pyridine rings is 1. The average Bonchev–Trinajstić information content (AvgIpc) is 3.17. The number of rotatable bonds is 8. The SMILES string of the molecule is CCCOC(=O)OCOC(=O)CC[C@@H]1N=C(c2ccccn2)c2cc(Br)ccc2-n2c(C)cnc21. The van der Waals surface area contributed by atoms with Crippen molar-refractivity contribution < 1.29 is 23.8 Å². The Bertz CT molecular complexity index is 1240. The summed E-state index contributed by atoms with van der Waals surface area (Å²) in [6, 6.07) is 11.3. The molecule has 35 heavy (non-hydrogen) atoms. The lowest BCUT2D eigenvalue weighted by atomic mass is 10.0. The Morgan fingerprint density at radius 3 is 2.74 bits per heavy atom. The fraction of sp³-hybridized carbons (Fsp3) is 0.320. The van der Waals surface area contributed by atoms with E-state index in [-0.39, 0.29) is 13.0 Å². The summed E-state index contributed by atoms with van der Waals surface area (Å²) in [4.78, 5) is 37.9. The van der Waals surface area contributed by atoms with E-state index < -0.39 is 25.0 Å². The Balaban J connectivity index is 1.58. The van der Waals surface area contributed by atoms with E-state index in [4.69, 9.17) is 19.2 Å². The first-order valence-corrected chi connectivity index (χ1v) is 12.1. The maximum atomic E-state index is 12.4. The Hall–Kier alpha value is -3.53. The van der Waals surface area contributed by atoms with Gasteiger partial charge in [0.15, 0.2) is 0 Å². The number of hydrogen-bond acceptors (Lipinski definition) is 8. The van der Waals surface area contributed by atoms with Crippen LogP contribution in [0.15, 0.2) is 58.3 Å². The van der Waals surface area contributed by atoms with E-state index in [9.17, 15) is 9.59 Å². The van der Waals surface area contributed by atoms with Gasteiger partial charge in [-0.05, 0) is 50.1 Å². The number of benzene rings is 1. The van der Waals surface area contributed by atoms with E-state index in [0.29, 0.717) is 18.6 Å². The number of ether oxygens (including phenoxy) is 3. The lowest BCUT2D eigenvalue weighted by Crippen LogP contribution is -2.15. The molecule has 1 aliphatic rings. The second-order valence-electron chi connectivity index (χ2n) is 7.88. The maximum Gasteiger partial charge on any atom is 0.511 e. The fourth-order valence-electron chi connectivity index (χ4n) is 3.78. The number of imidazole rings is 1. The van der Waals surface area contributed by atoms with Crippen LogP contribution in [0.2, 0.25) is 0 Å². The summed E-state index contributed by atoms with van der Waals surface area (Å²) < 4.78 is 17.6. The van der Waals surface area contributed by atoms with Crippen molar-refractivity contribution in [2.75, 3.05) is 13.4 Å². The molecule has 0 N–H and O–H groups in total. The number of halogens is 1. The van der Waals surface area contributed by atoms with Crippen molar-refractivity contribution in [2.45, 2.75) is 39.2 Å². The van der Waals surface area contributed by atoms with Crippen molar-refractivity contribution in [1.82, 2.24) is 14.5 Å². The number of aliphatic imine (C=N–C) groups is 1. The molecule has 0 amide bonds. The molecule has 0 unspecified atom stereocenters. The lowest BCUT2D eigenvalue weighted by Gasteiger charge is -2.14. The lowest BCUT2D eigenvalue weighted by molar-refractivity contribution is -0.153. The molecule has 0 aliphatic carbocycles. The van der Waals surface area contributed by atoms with Gasteiger partial charge in [0.2, 0.25) is 6.79 Å². The molecule has 0 saturated carbocycles.